The number of likely N-dealkylation sites (tertiary alicyclic amines) is 2. The topological polar surface area (TPSA) is 82.2 Å². The smallest absolute Gasteiger partial charge is 0.227 e. The van der Waals surface area contributed by atoms with E-state index >= 15 is 0 Å². The molecule has 2 saturated heterocycles. The van der Waals surface area contributed by atoms with Crippen LogP contribution in [0.5, 0.6) is 0 Å². The number of nitrogens with zero attached hydrogens (tertiary/aromatic N) is 4. The summed E-state index contributed by atoms with van der Waals surface area (Å²) in [7, 11) is 0. The molecular weight excluding hydrogens is 354 g/mol. The molecule has 7 heteroatoms. The number of rotatable bonds is 5. The number of aromatic nitrogens is 3. The number of hydrogen-bond acceptors (Lipinski definition) is 4. The van der Waals surface area contributed by atoms with Crippen molar-refractivity contribution in [1.29, 1.82) is 0 Å². The van der Waals surface area contributed by atoms with Crippen LogP contribution >= 0.6 is 0 Å². The molecule has 2 fully saturated rings. The summed E-state index contributed by atoms with van der Waals surface area (Å²) in [4.78, 5) is 40.5. The quantitative estimate of drug-likeness (QED) is 0.857. The van der Waals surface area contributed by atoms with Gasteiger partial charge in [-0.25, -0.2) is 4.98 Å². The van der Waals surface area contributed by atoms with Crippen LogP contribution in [0.15, 0.2) is 37.1 Å². The number of aromatic amines is 1. The molecule has 1 unspecified atom stereocenters. The Morgan fingerprint density at radius 1 is 1.21 bits per heavy atom. The van der Waals surface area contributed by atoms with Crippen molar-refractivity contribution < 1.29 is 9.59 Å². The number of imidazole rings is 1. The molecule has 0 radical (unpaired) electrons. The molecule has 1 spiro atoms. The normalized spacial score (nSPS) is 22.6. The van der Waals surface area contributed by atoms with Crippen LogP contribution in [0.4, 0.5) is 0 Å². The Hall–Kier alpha value is -2.70. The first-order valence-electron chi connectivity index (χ1n) is 10.1. The van der Waals surface area contributed by atoms with Crippen LogP contribution in [0.2, 0.25) is 0 Å². The fourth-order valence-electron chi connectivity index (χ4n) is 4.53. The molecule has 4 rings (SSSR count). The van der Waals surface area contributed by atoms with E-state index in [4.69, 9.17) is 0 Å². The first kappa shape index (κ1) is 18.7. The molecule has 7 nitrogen and oxygen atoms in total. The molecular formula is C21H27N5O2. The Kier molecular flexibility index (Phi) is 5.41. The third-order valence-corrected chi connectivity index (χ3v) is 6.05. The van der Waals surface area contributed by atoms with Crippen molar-refractivity contribution in [2.75, 3.05) is 26.2 Å². The molecule has 0 bridgehead atoms. The molecule has 2 aliphatic rings. The molecule has 28 heavy (non-hydrogen) atoms. The molecule has 0 saturated carbocycles. The van der Waals surface area contributed by atoms with Crippen molar-refractivity contribution in [2.24, 2.45) is 5.41 Å². The molecule has 4 heterocycles. The molecule has 0 aromatic carbocycles. The van der Waals surface area contributed by atoms with E-state index in [2.05, 4.69) is 15.0 Å². The van der Waals surface area contributed by atoms with Crippen LogP contribution in [0.1, 0.15) is 36.9 Å². The van der Waals surface area contributed by atoms with Gasteiger partial charge in [-0.15, -0.1) is 0 Å². The van der Waals surface area contributed by atoms with Crippen LogP contribution in [0.3, 0.4) is 0 Å². The third-order valence-electron chi connectivity index (χ3n) is 6.05. The first-order valence-corrected chi connectivity index (χ1v) is 10.1. The number of hydrogen-bond donors (Lipinski definition) is 1. The van der Waals surface area contributed by atoms with Crippen LogP contribution < -0.4 is 0 Å². The molecule has 0 aliphatic carbocycles. The maximum atomic E-state index is 12.8. The van der Waals surface area contributed by atoms with Gasteiger partial charge in [0.25, 0.3) is 0 Å². The van der Waals surface area contributed by atoms with Gasteiger partial charge in [-0.1, -0.05) is 6.07 Å². The average Bonchev–Trinajstić information content (AvgIpc) is 3.23. The lowest BCUT2D eigenvalue weighted by atomic mass is 9.73. The lowest BCUT2D eigenvalue weighted by molar-refractivity contribution is -0.142. The second-order valence-corrected chi connectivity index (χ2v) is 8.10. The van der Waals surface area contributed by atoms with Crippen LogP contribution in [-0.2, 0) is 22.4 Å². The second kappa shape index (κ2) is 8.12. The fraction of sp³-hybridized carbons (Fsp3) is 0.524. The van der Waals surface area contributed by atoms with Crippen molar-refractivity contribution in [3.63, 3.8) is 0 Å². The van der Waals surface area contributed by atoms with Gasteiger partial charge in [0.2, 0.25) is 11.8 Å². The van der Waals surface area contributed by atoms with Gasteiger partial charge in [-0.05, 0) is 30.9 Å². The highest BCUT2D eigenvalue weighted by atomic mass is 16.2. The maximum Gasteiger partial charge on any atom is 0.227 e. The lowest BCUT2D eigenvalue weighted by Crippen LogP contribution is -2.55. The second-order valence-electron chi connectivity index (χ2n) is 8.10. The van der Waals surface area contributed by atoms with Crippen molar-refractivity contribution in [3.8, 4) is 0 Å². The molecule has 148 valence electrons. The number of pyridine rings is 1. The van der Waals surface area contributed by atoms with Gasteiger partial charge in [0, 0.05) is 68.7 Å². The minimum atomic E-state index is 0.0325. The van der Waals surface area contributed by atoms with Crippen molar-refractivity contribution >= 4 is 11.8 Å². The number of H-pyrrole nitrogens is 1. The minimum absolute atomic E-state index is 0.0325. The highest BCUT2D eigenvalue weighted by Gasteiger charge is 2.42. The predicted octanol–water partition coefficient (Wildman–Crippen LogP) is 1.82. The van der Waals surface area contributed by atoms with E-state index in [1.807, 2.05) is 28.1 Å². The monoisotopic (exact) mass is 381 g/mol. The summed E-state index contributed by atoms with van der Waals surface area (Å²) < 4.78 is 0. The first-order chi connectivity index (χ1) is 13.6. The largest absolute Gasteiger partial charge is 0.348 e. The number of carbonyl (C=O) groups excluding carboxylic acids is 2. The van der Waals surface area contributed by atoms with E-state index in [1.54, 1.807) is 18.7 Å². The van der Waals surface area contributed by atoms with E-state index in [0.29, 0.717) is 19.4 Å². The maximum absolute atomic E-state index is 12.8. The summed E-state index contributed by atoms with van der Waals surface area (Å²) >= 11 is 0. The van der Waals surface area contributed by atoms with Gasteiger partial charge in [0.1, 0.15) is 0 Å². The van der Waals surface area contributed by atoms with Gasteiger partial charge in [0.15, 0.2) is 0 Å². The predicted molar refractivity (Wildman–Crippen MR) is 104 cm³/mol. The summed E-state index contributed by atoms with van der Waals surface area (Å²) in [5, 5.41) is 0. The van der Waals surface area contributed by atoms with Crippen LogP contribution in [-0.4, -0.2) is 62.7 Å². The van der Waals surface area contributed by atoms with Gasteiger partial charge >= 0.3 is 0 Å². The number of piperidine rings is 2. The van der Waals surface area contributed by atoms with Crippen LogP contribution in [0, 0.1) is 5.41 Å². The van der Waals surface area contributed by atoms with Crippen LogP contribution in [0.25, 0.3) is 0 Å². The summed E-state index contributed by atoms with van der Waals surface area (Å²) in [5.41, 5.74) is 2.03. The summed E-state index contributed by atoms with van der Waals surface area (Å²) in [6, 6.07) is 3.81. The Balaban J connectivity index is 1.38. The fourth-order valence-corrected chi connectivity index (χ4v) is 4.53. The van der Waals surface area contributed by atoms with Crippen molar-refractivity contribution in [1.82, 2.24) is 24.8 Å². The molecule has 2 aliphatic heterocycles. The number of amides is 2. The highest BCUT2D eigenvalue weighted by Crippen LogP contribution is 2.39. The van der Waals surface area contributed by atoms with E-state index in [1.165, 1.54) is 0 Å². The summed E-state index contributed by atoms with van der Waals surface area (Å²) in [6.07, 6.45) is 11.7. The van der Waals surface area contributed by atoms with E-state index in [9.17, 15) is 9.59 Å². The Morgan fingerprint density at radius 3 is 2.93 bits per heavy atom. The van der Waals surface area contributed by atoms with Gasteiger partial charge in [0.05, 0.1) is 12.7 Å². The van der Waals surface area contributed by atoms with Crippen molar-refractivity contribution in [3.05, 3.63) is 48.3 Å². The van der Waals surface area contributed by atoms with Gasteiger partial charge < -0.3 is 14.8 Å². The zero-order chi connectivity index (χ0) is 19.4. The zero-order valence-corrected chi connectivity index (χ0v) is 16.1. The molecule has 1 atom stereocenters. The third kappa shape index (κ3) is 4.24. The molecule has 2 aromatic heterocycles. The van der Waals surface area contributed by atoms with Gasteiger partial charge in [-0.2, -0.15) is 0 Å². The summed E-state index contributed by atoms with van der Waals surface area (Å²) in [5.74, 6) is 0.386. The highest BCUT2D eigenvalue weighted by molar-refractivity contribution is 5.79. The number of nitrogens with one attached hydrogen (secondary N) is 1. The molecule has 2 amide bonds. The van der Waals surface area contributed by atoms with E-state index in [-0.39, 0.29) is 17.2 Å². The Morgan fingerprint density at radius 2 is 2.14 bits per heavy atom. The molecule has 1 N–H and O–H groups in total. The van der Waals surface area contributed by atoms with E-state index < -0.39 is 0 Å². The van der Waals surface area contributed by atoms with E-state index in [0.717, 1.165) is 56.6 Å². The average molecular weight is 381 g/mol. The summed E-state index contributed by atoms with van der Waals surface area (Å²) in [6.45, 7) is 3.01. The minimum Gasteiger partial charge on any atom is -0.348 e. The standard InChI is InChI=1S/C21H27N5O2/c27-19-4-7-21(15-26(19)10-5-18-13-23-16-24-18)6-2-9-25(14-21)20(28)11-17-3-1-8-22-12-17/h1,3,8,12-13,16H,2,4-7,9-11,14-15H2,(H,23,24). The van der Waals surface area contributed by atoms with Gasteiger partial charge in [-0.3, -0.25) is 14.6 Å². The Bertz CT molecular complexity index is 807. The SMILES string of the molecule is O=C1CCC2(CCCN(C(=O)Cc3cccnc3)C2)CN1CCc1cnc[nH]1. The molecule has 2 aromatic rings. The van der Waals surface area contributed by atoms with Crippen molar-refractivity contribution in [2.45, 2.75) is 38.5 Å². The zero-order valence-electron chi connectivity index (χ0n) is 16.1. The Labute approximate surface area is 165 Å². The lowest BCUT2D eigenvalue weighted by Gasteiger charge is -2.48. The number of carbonyl (C=O) groups is 2.